The van der Waals surface area contributed by atoms with Crippen molar-refractivity contribution in [3.8, 4) is 0 Å². The lowest BCUT2D eigenvalue weighted by atomic mass is 9.98. The van der Waals surface area contributed by atoms with Crippen LogP contribution in [0.5, 0.6) is 0 Å². The molecule has 1 aromatic carbocycles. The molecule has 1 rings (SSSR count). The monoisotopic (exact) mass is 529 g/mol. The Balaban J connectivity index is 3.41. The van der Waals surface area contributed by atoms with E-state index in [4.69, 9.17) is 9.47 Å². The number of esters is 1. The number of nitrogens with zero attached hydrogens (tertiary/aromatic N) is 1. The van der Waals surface area contributed by atoms with Crippen molar-refractivity contribution in [2.75, 3.05) is 19.7 Å². The van der Waals surface area contributed by atoms with E-state index in [0.717, 1.165) is 5.56 Å². The summed E-state index contributed by atoms with van der Waals surface area (Å²) in [6.45, 7) is 18.7. The second-order valence-corrected chi connectivity index (χ2v) is 10.2. The second kappa shape index (κ2) is 15.6. The van der Waals surface area contributed by atoms with E-state index < -0.39 is 41.6 Å². The highest BCUT2D eigenvalue weighted by Gasteiger charge is 2.36. The molecule has 0 saturated carbocycles. The topological polar surface area (TPSA) is 114 Å². The van der Waals surface area contributed by atoms with Crippen molar-refractivity contribution in [3.05, 3.63) is 54.6 Å². The van der Waals surface area contributed by atoms with E-state index in [-0.39, 0.29) is 32.0 Å². The summed E-state index contributed by atoms with van der Waals surface area (Å²) in [7, 11) is 0. The lowest BCUT2D eigenvalue weighted by Gasteiger charge is -2.34. The minimum absolute atomic E-state index is 0.00935. The quantitative estimate of drug-likeness (QED) is 0.273. The van der Waals surface area contributed by atoms with E-state index in [9.17, 15) is 19.2 Å². The van der Waals surface area contributed by atoms with Crippen molar-refractivity contribution in [2.24, 2.45) is 5.92 Å². The first-order chi connectivity index (χ1) is 17.8. The van der Waals surface area contributed by atoms with E-state index in [1.807, 2.05) is 19.9 Å². The number of carbonyl (C=O) groups excluding carboxylic acids is 4. The van der Waals surface area contributed by atoms with E-state index in [1.54, 1.807) is 52.0 Å². The van der Waals surface area contributed by atoms with Crippen LogP contribution in [0.15, 0.2) is 43.5 Å². The number of hydrogen-bond acceptors (Lipinski definition) is 6. The number of nitrogens with one attached hydrogen (secondary N) is 2. The molecular formula is C29H43N3O6. The van der Waals surface area contributed by atoms with Gasteiger partial charge in [-0.3, -0.25) is 14.4 Å². The molecule has 210 valence electrons. The molecule has 9 nitrogen and oxygen atoms in total. The third-order valence-electron chi connectivity index (χ3n) is 5.26. The van der Waals surface area contributed by atoms with Gasteiger partial charge in [0.05, 0.1) is 13.0 Å². The zero-order valence-electron chi connectivity index (χ0n) is 23.5. The van der Waals surface area contributed by atoms with Crippen LogP contribution in [0.2, 0.25) is 0 Å². The summed E-state index contributed by atoms with van der Waals surface area (Å²) in [4.78, 5) is 53.2. The maximum Gasteiger partial charge on any atom is 0.408 e. The lowest BCUT2D eigenvalue weighted by Crippen LogP contribution is -2.53. The number of hydrogen-bond donors (Lipinski definition) is 2. The SMILES string of the molecule is C=CCN(C(=O)C(CC(C)C)NC(=O)OC(C)(C)C)C(C(=O)NCCC(=O)OCC)c1cccc(C=C)c1. The maximum atomic E-state index is 13.9. The van der Waals surface area contributed by atoms with Gasteiger partial charge in [-0.2, -0.15) is 0 Å². The van der Waals surface area contributed by atoms with Crippen molar-refractivity contribution in [2.45, 2.75) is 72.1 Å². The van der Waals surface area contributed by atoms with Crippen LogP contribution in [0, 0.1) is 5.92 Å². The van der Waals surface area contributed by atoms with Gasteiger partial charge in [0.25, 0.3) is 0 Å². The van der Waals surface area contributed by atoms with Crippen LogP contribution in [0.25, 0.3) is 6.08 Å². The fraction of sp³-hybridized carbons (Fsp3) is 0.517. The van der Waals surface area contributed by atoms with Crippen LogP contribution in [-0.2, 0) is 23.9 Å². The minimum Gasteiger partial charge on any atom is -0.466 e. The Hall–Kier alpha value is -3.62. The first-order valence-electron chi connectivity index (χ1n) is 12.9. The smallest absolute Gasteiger partial charge is 0.408 e. The molecule has 9 heteroatoms. The van der Waals surface area contributed by atoms with Crippen molar-refractivity contribution < 1.29 is 28.7 Å². The minimum atomic E-state index is -1.06. The average molecular weight is 530 g/mol. The van der Waals surface area contributed by atoms with Crippen molar-refractivity contribution in [1.29, 1.82) is 0 Å². The van der Waals surface area contributed by atoms with E-state index in [1.165, 1.54) is 11.0 Å². The van der Waals surface area contributed by atoms with Crippen molar-refractivity contribution in [1.82, 2.24) is 15.5 Å². The molecule has 38 heavy (non-hydrogen) atoms. The summed E-state index contributed by atoms with van der Waals surface area (Å²) in [5.41, 5.74) is 0.568. The molecule has 0 heterocycles. The first kappa shape index (κ1) is 32.4. The molecule has 0 aliphatic heterocycles. The Labute approximate surface area is 226 Å². The molecule has 0 fully saturated rings. The number of rotatable bonds is 14. The number of alkyl carbamates (subject to hydrolysis) is 1. The Kier molecular flexibility index (Phi) is 13.3. The first-order valence-corrected chi connectivity index (χ1v) is 12.9. The fourth-order valence-electron chi connectivity index (χ4n) is 3.75. The number of carbonyl (C=O) groups is 4. The standard InChI is InChI=1S/C29H43N3O6/c1-9-17-32(27(35)23(18-20(4)5)31-28(36)38-29(6,7)8)25(22-14-12-13-21(10-2)19-22)26(34)30-16-15-24(33)37-11-3/h9-10,12-14,19-20,23,25H,1-2,11,15-18H2,3-8H3,(H,30,34)(H,31,36). The predicted octanol–water partition coefficient (Wildman–Crippen LogP) is 4.39. The second-order valence-electron chi connectivity index (χ2n) is 10.2. The summed E-state index contributed by atoms with van der Waals surface area (Å²) in [6, 6.07) is 5.11. The number of ether oxygens (including phenoxy) is 2. The molecule has 2 N–H and O–H groups in total. The van der Waals surface area contributed by atoms with Crippen LogP contribution in [0.4, 0.5) is 4.79 Å². The van der Waals surface area contributed by atoms with Crippen molar-refractivity contribution >= 4 is 30.0 Å². The molecule has 0 bridgehead atoms. The van der Waals surface area contributed by atoms with Crippen LogP contribution in [0.1, 0.15) is 71.6 Å². The maximum absolute atomic E-state index is 13.9. The highest BCUT2D eigenvalue weighted by molar-refractivity contribution is 5.92. The van der Waals surface area contributed by atoms with Gasteiger partial charge >= 0.3 is 12.1 Å². The molecule has 1 aromatic rings. The van der Waals surface area contributed by atoms with Gasteiger partial charge < -0.3 is 25.0 Å². The van der Waals surface area contributed by atoms with Gasteiger partial charge in [0, 0.05) is 13.1 Å². The zero-order chi connectivity index (χ0) is 28.9. The van der Waals surface area contributed by atoms with Gasteiger partial charge in [0.1, 0.15) is 17.7 Å². The fourth-order valence-corrected chi connectivity index (χ4v) is 3.75. The molecule has 0 spiro atoms. The average Bonchev–Trinajstić information content (AvgIpc) is 2.81. The number of amides is 3. The van der Waals surface area contributed by atoms with Crippen molar-refractivity contribution in [3.63, 3.8) is 0 Å². The summed E-state index contributed by atoms with van der Waals surface area (Å²) in [6.07, 6.45) is 2.76. The molecular weight excluding hydrogens is 486 g/mol. The van der Waals surface area contributed by atoms with Crippen LogP contribution < -0.4 is 10.6 Å². The van der Waals surface area contributed by atoms with Crippen LogP contribution in [0.3, 0.4) is 0 Å². The highest BCUT2D eigenvalue weighted by atomic mass is 16.6. The van der Waals surface area contributed by atoms with Gasteiger partial charge in [0.2, 0.25) is 11.8 Å². The van der Waals surface area contributed by atoms with Gasteiger partial charge in [-0.15, -0.1) is 6.58 Å². The molecule has 0 aliphatic carbocycles. The van der Waals surface area contributed by atoms with E-state index in [0.29, 0.717) is 12.0 Å². The van der Waals surface area contributed by atoms with E-state index >= 15 is 0 Å². The largest absolute Gasteiger partial charge is 0.466 e. The molecule has 0 radical (unpaired) electrons. The van der Waals surface area contributed by atoms with Gasteiger partial charge in [-0.25, -0.2) is 4.79 Å². The molecule has 2 atom stereocenters. The molecule has 2 unspecified atom stereocenters. The van der Waals surface area contributed by atoms with Gasteiger partial charge in [-0.05, 0) is 57.2 Å². The molecule has 0 aromatic heterocycles. The predicted molar refractivity (Wildman–Crippen MR) is 148 cm³/mol. The van der Waals surface area contributed by atoms with Gasteiger partial charge in [-0.1, -0.05) is 50.8 Å². The van der Waals surface area contributed by atoms with E-state index in [2.05, 4.69) is 23.8 Å². The molecule has 0 saturated heterocycles. The number of benzene rings is 1. The Bertz CT molecular complexity index is 983. The third-order valence-corrected chi connectivity index (χ3v) is 5.26. The zero-order valence-corrected chi connectivity index (χ0v) is 23.5. The highest BCUT2D eigenvalue weighted by Crippen LogP contribution is 2.25. The molecule has 0 aliphatic rings. The lowest BCUT2D eigenvalue weighted by molar-refractivity contribution is -0.144. The van der Waals surface area contributed by atoms with Gasteiger partial charge in [0.15, 0.2) is 0 Å². The Morgan fingerprint density at radius 2 is 1.82 bits per heavy atom. The van der Waals surface area contributed by atoms with Crippen LogP contribution in [-0.4, -0.2) is 60.1 Å². The Morgan fingerprint density at radius 1 is 1.13 bits per heavy atom. The normalized spacial score (nSPS) is 12.6. The summed E-state index contributed by atoms with van der Waals surface area (Å²) in [5, 5.41) is 5.44. The third kappa shape index (κ3) is 11.2. The summed E-state index contributed by atoms with van der Waals surface area (Å²) < 4.78 is 10.3. The molecule has 3 amide bonds. The summed E-state index contributed by atoms with van der Waals surface area (Å²) in [5.74, 6) is -1.31. The Morgan fingerprint density at radius 3 is 2.37 bits per heavy atom. The van der Waals surface area contributed by atoms with Crippen LogP contribution >= 0.6 is 0 Å². The summed E-state index contributed by atoms with van der Waals surface area (Å²) >= 11 is 0.